The van der Waals surface area contributed by atoms with Crippen LogP contribution in [0.25, 0.3) is 0 Å². The van der Waals surface area contributed by atoms with E-state index in [1.54, 1.807) is 13.8 Å². The fourth-order valence-electron chi connectivity index (χ4n) is 4.11. The Labute approximate surface area is 328 Å². The van der Waals surface area contributed by atoms with Crippen molar-refractivity contribution in [3.05, 3.63) is 81.4 Å². The van der Waals surface area contributed by atoms with E-state index in [1.807, 2.05) is 0 Å². The second-order valence-corrected chi connectivity index (χ2v) is 11.9. The first-order chi connectivity index (χ1) is 26.4. The quantitative estimate of drug-likeness (QED) is 0.0382. The van der Waals surface area contributed by atoms with Gasteiger partial charge in [0.25, 0.3) is 0 Å². The minimum absolute atomic E-state index is 0.00671. The molecule has 55 heavy (non-hydrogen) atoms. The minimum Gasteiger partial charge on any atom is -0.480 e. The summed E-state index contributed by atoms with van der Waals surface area (Å²) in [5.41, 5.74) is 0.262. The lowest BCUT2D eigenvalue weighted by Crippen LogP contribution is -2.19. The number of carbonyl (C=O) groups is 4. The minimum atomic E-state index is -1.39. The third-order valence-corrected chi connectivity index (χ3v) is 8.10. The van der Waals surface area contributed by atoms with E-state index in [-0.39, 0.29) is 85.4 Å². The lowest BCUT2D eigenvalue weighted by molar-refractivity contribution is -0.148. The van der Waals surface area contributed by atoms with Crippen molar-refractivity contribution in [1.82, 2.24) is 0 Å². The molecule has 0 aliphatic heterocycles. The molecule has 0 saturated carbocycles. The highest BCUT2D eigenvalue weighted by Gasteiger charge is 2.22. The smallest absolute Gasteiger partial charge is 0.344 e. The van der Waals surface area contributed by atoms with Crippen LogP contribution < -0.4 is 9.47 Å². The summed E-state index contributed by atoms with van der Waals surface area (Å²) >= 11 is 12.4. The van der Waals surface area contributed by atoms with Crippen LogP contribution in [0.2, 0.25) is 10.0 Å². The third kappa shape index (κ3) is 17.2. The standard InChI is InChI=1S/C38H46Cl2F2O13/c1-5-25(3)37(45)27-7-9-29(34(40)33(27)39)54-23-31(43)52-21-19-50-17-15-48-13-11-47-12-14-49-16-18-51-20-22-53-32(44)24-55-30-10-8-28(35(41)36(30)42)38(46)26(4)6-2/h7-10H,3-6,11-24H2,1-2H3. The highest BCUT2D eigenvalue weighted by Crippen LogP contribution is 2.36. The van der Waals surface area contributed by atoms with Crippen molar-refractivity contribution in [2.24, 2.45) is 0 Å². The second-order valence-electron chi connectivity index (χ2n) is 11.1. The second kappa shape index (κ2) is 26.8. The van der Waals surface area contributed by atoms with Crippen LogP contribution in [-0.4, -0.2) is 116 Å². The topological polar surface area (TPSA) is 151 Å². The van der Waals surface area contributed by atoms with Gasteiger partial charge in [0.1, 0.15) is 24.0 Å². The lowest BCUT2D eigenvalue weighted by atomic mass is 10.0. The Hall–Kier alpha value is -3.96. The Morgan fingerprint density at radius 1 is 0.527 bits per heavy atom. The van der Waals surface area contributed by atoms with Crippen molar-refractivity contribution < 1.29 is 70.6 Å². The molecule has 17 heteroatoms. The van der Waals surface area contributed by atoms with Gasteiger partial charge in [0.15, 0.2) is 36.3 Å². The van der Waals surface area contributed by atoms with Crippen molar-refractivity contribution >= 4 is 46.7 Å². The molecule has 0 bridgehead atoms. The van der Waals surface area contributed by atoms with Gasteiger partial charge in [-0.15, -0.1) is 0 Å². The zero-order valence-corrected chi connectivity index (χ0v) is 32.4. The summed E-state index contributed by atoms with van der Waals surface area (Å²) in [5.74, 6) is -5.64. The van der Waals surface area contributed by atoms with E-state index in [4.69, 9.17) is 65.8 Å². The summed E-state index contributed by atoms with van der Waals surface area (Å²) < 4.78 is 75.8. The molecule has 13 nitrogen and oxygen atoms in total. The third-order valence-electron chi connectivity index (χ3n) is 7.24. The van der Waals surface area contributed by atoms with E-state index in [0.717, 1.165) is 12.1 Å². The highest BCUT2D eigenvalue weighted by atomic mass is 35.5. The average molecular weight is 820 g/mol. The van der Waals surface area contributed by atoms with Crippen LogP contribution in [0.3, 0.4) is 0 Å². The van der Waals surface area contributed by atoms with Gasteiger partial charge >= 0.3 is 11.9 Å². The number of rotatable bonds is 30. The Kier molecular flexibility index (Phi) is 23.0. The van der Waals surface area contributed by atoms with Crippen LogP contribution in [0, 0.1) is 11.6 Å². The lowest BCUT2D eigenvalue weighted by Gasteiger charge is -2.12. The zero-order valence-electron chi connectivity index (χ0n) is 30.9. The molecule has 0 heterocycles. The van der Waals surface area contributed by atoms with Crippen LogP contribution in [0.4, 0.5) is 8.78 Å². The SMILES string of the molecule is C=C(CC)C(=O)c1ccc(OCC(=O)OCCOCCOCCOCCOCCOCCOC(=O)COc2ccc(C(=O)C(=C)CC)c(Cl)c2Cl)c(F)c1F. The van der Waals surface area contributed by atoms with Crippen molar-refractivity contribution in [3.63, 3.8) is 0 Å². The Morgan fingerprint density at radius 2 is 0.891 bits per heavy atom. The molecule has 0 spiro atoms. The zero-order chi connectivity index (χ0) is 40.6. The average Bonchev–Trinajstić information content (AvgIpc) is 3.18. The fraction of sp³-hybridized carbons (Fsp3) is 0.474. The maximum absolute atomic E-state index is 14.3. The van der Waals surface area contributed by atoms with Gasteiger partial charge in [-0.05, 0) is 48.3 Å². The summed E-state index contributed by atoms with van der Waals surface area (Å²) in [6.07, 6.45) is 0.756. The number of halogens is 4. The summed E-state index contributed by atoms with van der Waals surface area (Å²) in [6.45, 7) is 12.2. The Morgan fingerprint density at radius 3 is 1.33 bits per heavy atom. The number of carbonyl (C=O) groups excluding carboxylic acids is 4. The van der Waals surface area contributed by atoms with E-state index in [2.05, 4.69) is 13.2 Å². The number of hydrogen-bond donors (Lipinski definition) is 0. The van der Waals surface area contributed by atoms with Crippen LogP contribution in [0.5, 0.6) is 11.5 Å². The van der Waals surface area contributed by atoms with Crippen molar-refractivity contribution in [2.75, 3.05) is 92.5 Å². The predicted octanol–water partition coefficient (Wildman–Crippen LogP) is 6.20. The molecule has 304 valence electrons. The van der Waals surface area contributed by atoms with E-state index in [9.17, 15) is 28.0 Å². The van der Waals surface area contributed by atoms with Gasteiger partial charge in [-0.2, -0.15) is 4.39 Å². The monoisotopic (exact) mass is 818 g/mol. The molecule has 0 radical (unpaired) electrons. The molecule has 0 aliphatic carbocycles. The molecule has 0 fully saturated rings. The van der Waals surface area contributed by atoms with Gasteiger partial charge in [-0.25, -0.2) is 14.0 Å². The van der Waals surface area contributed by atoms with Crippen molar-refractivity contribution in [2.45, 2.75) is 26.7 Å². The molecule has 0 unspecified atom stereocenters. The van der Waals surface area contributed by atoms with Crippen LogP contribution >= 0.6 is 23.2 Å². The van der Waals surface area contributed by atoms with Gasteiger partial charge in [-0.1, -0.05) is 50.2 Å². The number of esters is 2. The molecule has 2 rings (SSSR count). The highest BCUT2D eigenvalue weighted by molar-refractivity contribution is 6.45. The molecule has 0 amide bonds. The fourth-order valence-corrected chi connectivity index (χ4v) is 4.57. The number of Topliss-reactive ketones (excluding diaryl/α,β-unsaturated/α-hetero) is 2. The van der Waals surface area contributed by atoms with E-state index in [1.165, 1.54) is 12.1 Å². The number of hydrogen-bond acceptors (Lipinski definition) is 13. The van der Waals surface area contributed by atoms with Crippen LogP contribution in [-0.2, 0) is 42.7 Å². The predicted molar refractivity (Wildman–Crippen MR) is 197 cm³/mol. The van der Waals surface area contributed by atoms with Gasteiger partial charge in [0, 0.05) is 5.56 Å². The van der Waals surface area contributed by atoms with Gasteiger partial charge in [0.05, 0.1) is 76.7 Å². The summed E-state index contributed by atoms with van der Waals surface area (Å²) in [5, 5.41) is 0.0246. The summed E-state index contributed by atoms with van der Waals surface area (Å²) in [4.78, 5) is 48.2. The van der Waals surface area contributed by atoms with E-state index in [0.29, 0.717) is 45.0 Å². The molecule has 0 aromatic heterocycles. The molecule has 0 atom stereocenters. The molecule has 2 aromatic carbocycles. The first kappa shape index (κ1) is 47.2. The van der Waals surface area contributed by atoms with Gasteiger partial charge in [0.2, 0.25) is 5.82 Å². The molecule has 0 N–H and O–H groups in total. The maximum Gasteiger partial charge on any atom is 0.344 e. The molecular formula is C38H46Cl2F2O13. The van der Waals surface area contributed by atoms with Crippen molar-refractivity contribution in [1.29, 1.82) is 0 Å². The van der Waals surface area contributed by atoms with Crippen LogP contribution in [0.1, 0.15) is 47.4 Å². The van der Waals surface area contributed by atoms with Crippen LogP contribution in [0.15, 0.2) is 48.6 Å². The first-order valence-corrected chi connectivity index (χ1v) is 18.0. The Balaban J connectivity index is 1.38. The normalized spacial score (nSPS) is 10.9. The molecule has 2 aromatic rings. The number of benzene rings is 2. The van der Waals surface area contributed by atoms with E-state index >= 15 is 0 Å². The summed E-state index contributed by atoms with van der Waals surface area (Å²) in [7, 11) is 0. The van der Waals surface area contributed by atoms with Crippen molar-refractivity contribution in [3.8, 4) is 11.5 Å². The Bertz CT molecular complexity index is 1490. The number of ketones is 2. The maximum atomic E-state index is 14.3. The molecule has 0 saturated heterocycles. The number of ether oxygens (including phenoxy) is 9. The largest absolute Gasteiger partial charge is 0.480 e. The van der Waals surface area contributed by atoms with Gasteiger partial charge in [-0.3, -0.25) is 9.59 Å². The first-order valence-electron chi connectivity index (χ1n) is 17.3. The number of allylic oxidation sites excluding steroid dienone is 2. The molecular weight excluding hydrogens is 773 g/mol. The van der Waals surface area contributed by atoms with E-state index < -0.39 is 53.9 Å². The van der Waals surface area contributed by atoms with Gasteiger partial charge < -0.3 is 42.6 Å². The summed E-state index contributed by atoms with van der Waals surface area (Å²) in [6, 6.07) is 5.04. The molecule has 0 aliphatic rings.